The van der Waals surface area contributed by atoms with E-state index in [1.165, 1.54) is 12.1 Å². The van der Waals surface area contributed by atoms with Gasteiger partial charge in [-0.2, -0.15) is 0 Å². The largest absolute Gasteiger partial charge is 0.506 e. The number of hydrogen-bond donors (Lipinski definition) is 4. The number of anilines is 2. The average Bonchev–Trinajstić information content (AvgIpc) is 2.76. The minimum Gasteiger partial charge on any atom is -0.506 e. The minimum absolute atomic E-state index is 0.00898. The maximum absolute atomic E-state index is 9.68. The van der Waals surface area contributed by atoms with Crippen molar-refractivity contribution in [1.29, 1.82) is 0 Å². The normalized spacial score (nSPS) is 10.6. The van der Waals surface area contributed by atoms with Gasteiger partial charge >= 0.3 is 0 Å². The zero-order valence-corrected chi connectivity index (χ0v) is 17.2. The van der Waals surface area contributed by atoms with E-state index in [0.29, 0.717) is 34.4 Å². The Morgan fingerprint density at radius 1 is 0.516 bits per heavy atom. The lowest BCUT2D eigenvalue weighted by atomic mass is 10.3. The van der Waals surface area contributed by atoms with Crippen LogP contribution in [0.5, 0.6) is 34.5 Å². The highest BCUT2D eigenvalue weighted by atomic mass is 32.2. The Kier molecular flexibility index (Phi) is 5.77. The number of nitrogen functional groups attached to an aromatic ring is 2. The van der Waals surface area contributed by atoms with Crippen LogP contribution in [0.2, 0.25) is 0 Å². The Morgan fingerprint density at radius 3 is 1.23 bits per heavy atom. The summed E-state index contributed by atoms with van der Waals surface area (Å²) in [5, 5.41) is 19.4. The second-order valence-corrected chi connectivity index (χ2v) is 7.84. The molecular weight excluding hydrogens is 412 g/mol. The van der Waals surface area contributed by atoms with Gasteiger partial charge in [-0.3, -0.25) is 0 Å². The molecule has 4 aromatic carbocycles. The first kappa shape index (κ1) is 20.3. The summed E-state index contributed by atoms with van der Waals surface area (Å²) < 4.78 is 11.5. The molecule has 4 rings (SSSR count). The Balaban J connectivity index is 1.37. The molecule has 0 atom stereocenters. The molecule has 0 aliphatic rings. The molecule has 31 heavy (non-hydrogen) atoms. The first-order chi connectivity index (χ1) is 15.0. The fourth-order valence-corrected chi connectivity index (χ4v) is 3.55. The second-order valence-electron chi connectivity index (χ2n) is 6.69. The van der Waals surface area contributed by atoms with Crippen molar-refractivity contribution in [3.63, 3.8) is 0 Å². The van der Waals surface area contributed by atoms with E-state index in [-0.39, 0.29) is 11.5 Å². The zero-order valence-electron chi connectivity index (χ0n) is 16.4. The molecule has 0 unspecified atom stereocenters. The van der Waals surface area contributed by atoms with Crippen LogP contribution in [-0.4, -0.2) is 10.2 Å². The molecule has 6 N–H and O–H groups in total. The Hall–Kier alpha value is -3.97. The zero-order chi connectivity index (χ0) is 21.8. The molecule has 0 saturated heterocycles. The number of benzene rings is 4. The second kappa shape index (κ2) is 8.81. The van der Waals surface area contributed by atoms with E-state index < -0.39 is 0 Å². The van der Waals surface area contributed by atoms with Crippen LogP contribution in [-0.2, 0) is 0 Å². The Morgan fingerprint density at radius 2 is 0.871 bits per heavy atom. The molecule has 156 valence electrons. The lowest BCUT2D eigenvalue weighted by molar-refractivity contribution is 0.456. The first-order valence-electron chi connectivity index (χ1n) is 9.37. The Bertz CT molecular complexity index is 1100. The fraction of sp³-hybridized carbons (Fsp3) is 0. The summed E-state index contributed by atoms with van der Waals surface area (Å²) >= 11 is 1.60. The molecule has 0 amide bonds. The summed E-state index contributed by atoms with van der Waals surface area (Å²) in [6.45, 7) is 0. The van der Waals surface area contributed by atoms with Crippen molar-refractivity contribution in [1.82, 2.24) is 0 Å². The van der Waals surface area contributed by atoms with Gasteiger partial charge in [-0.05, 0) is 72.8 Å². The van der Waals surface area contributed by atoms with Gasteiger partial charge in [0.2, 0.25) is 0 Å². The summed E-state index contributed by atoms with van der Waals surface area (Å²) in [6, 6.07) is 24.8. The lowest BCUT2D eigenvalue weighted by Gasteiger charge is -2.09. The van der Waals surface area contributed by atoms with E-state index in [2.05, 4.69) is 0 Å². The monoisotopic (exact) mass is 432 g/mol. The van der Waals surface area contributed by atoms with Crippen LogP contribution in [0.15, 0.2) is 94.7 Å². The van der Waals surface area contributed by atoms with Crippen LogP contribution in [0, 0.1) is 0 Å². The summed E-state index contributed by atoms with van der Waals surface area (Å²) in [5.74, 6) is 2.32. The molecular formula is C24H20N2O4S. The SMILES string of the molecule is Nc1ccc(Oc2ccc(Sc3ccc(Oc4ccc(N)c(O)c4)cc3)cc2)cc1O. The van der Waals surface area contributed by atoms with E-state index >= 15 is 0 Å². The summed E-state index contributed by atoms with van der Waals surface area (Å²) in [5.41, 5.74) is 11.8. The van der Waals surface area contributed by atoms with E-state index in [9.17, 15) is 10.2 Å². The third-order valence-corrected chi connectivity index (χ3v) is 5.37. The van der Waals surface area contributed by atoms with Gasteiger partial charge in [0, 0.05) is 21.9 Å². The molecule has 0 aliphatic heterocycles. The van der Waals surface area contributed by atoms with Crippen molar-refractivity contribution < 1.29 is 19.7 Å². The van der Waals surface area contributed by atoms with Gasteiger partial charge in [-0.1, -0.05) is 11.8 Å². The molecule has 0 radical (unpaired) electrons. The average molecular weight is 433 g/mol. The molecule has 0 heterocycles. The van der Waals surface area contributed by atoms with Crippen LogP contribution in [0.4, 0.5) is 11.4 Å². The van der Waals surface area contributed by atoms with Crippen molar-refractivity contribution in [2.24, 2.45) is 0 Å². The van der Waals surface area contributed by atoms with Gasteiger partial charge < -0.3 is 31.2 Å². The predicted octanol–water partition coefficient (Wildman–Crippen LogP) is 6.00. The van der Waals surface area contributed by atoms with Crippen LogP contribution < -0.4 is 20.9 Å². The lowest BCUT2D eigenvalue weighted by Crippen LogP contribution is -1.88. The maximum atomic E-state index is 9.68. The van der Waals surface area contributed by atoms with Crippen LogP contribution >= 0.6 is 11.8 Å². The number of ether oxygens (including phenoxy) is 2. The smallest absolute Gasteiger partial charge is 0.142 e. The fourth-order valence-electron chi connectivity index (χ4n) is 2.73. The topological polar surface area (TPSA) is 111 Å². The van der Waals surface area contributed by atoms with Gasteiger partial charge in [0.1, 0.15) is 34.5 Å². The highest BCUT2D eigenvalue weighted by molar-refractivity contribution is 7.99. The molecule has 4 aromatic rings. The summed E-state index contributed by atoms with van der Waals surface area (Å²) in [7, 11) is 0. The van der Waals surface area contributed by atoms with Crippen molar-refractivity contribution in [3.8, 4) is 34.5 Å². The van der Waals surface area contributed by atoms with Crippen LogP contribution in [0.1, 0.15) is 0 Å². The number of hydrogen-bond acceptors (Lipinski definition) is 7. The van der Waals surface area contributed by atoms with Gasteiger partial charge in [0.15, 0.2) is 0 Å². The van der Waals surface area contributed by atoms with Crippen molar-refractivity contribution in [2.75, 3.05) is 11.5 Å². The number of phenolic OH excluding ortho intramolecular Hbond substituents is 2. The van der Waals surface area contributed by atoms with E-state index in [4.69, 9.17) is 20.9 Å². The van der Waals surface area contributed by atoms with E-state index in [1.54, 1.807) is 36.0 Å². The highest BCUT2D eigenvalue weighted by Crippen LogP contribution is 2.34. The maximum Gasteiger partial charge on any atom is 0.142 e. The first-order valence-corrected chi connectivity index (χ1v) is 10.2. The van der Waals surface area contributed by atoms with Crippen LogP contribution in [0.3, 0.4) is 0 Å². The molecule has 0 aliphatic carbocycles. The Labute approximate surface area is 183 Å². The van der Waals surface area contributed by atoms with Gasteiger partial charge in [-0.15, -0.1) is 0 Å². The molecule has 0 saturated carbocycles. The van der Waals surface area contributed by atoms with E-state index in [1.807, 2.05) is 48.5 Å². The molecule has 6 nitrogen and oxygen atoms in total. The predicted molar refractivity (Wildman–Crippen MR) is 122 cm³/mol. The molecule has 0 spiro atoms. The number of nitrogens with two attached hydrogens (primary N) is 2. The number of rotatable bonds is 6. The van der Waals surface area contributed by atoms with Gasteiger partial charge in [0.25, 0.3) is 0 Å². The van der Waals surface area contributed by atoms with Gasteiger partial charge in [0.05, 0.1) is 11.4 Å². The molecule has 0 fully saturated rings. The molecule has 0 aromatic heterocycles. The molecule has 0 bridgehead atoms. The van der Waals surface area contributed by atoms with Crippen LogP contribution in [0.25, 0.3) is 0 Å². The number of phenols is 2. The standard InChI is InChI=1S/C24H20N2O4S/c25-21-11-5-17(13-23(21)27)29-15-1-7-19(8-2-15)31-20-9-3-16(4-10-20)30-18-6-12-22(26)24(28)14-18/h1-14,27-28H,25-26H2. The van der Waals surface area contributed by atoms with Crippen molar-refractivity contribution in [3.05, 3.63) is 84.9 Å². The van der Waals surface area contributed by atoms with Crippen molar-refractivity contribution in [2.45, 2.75) is 9.79 Å². The number of aromatic hydroxyl groups is 2. The quantitative estimate of drug-likeness (QED) is 0.218. The summed E-state index contributed by atoms with van der Waals surface area (Å²) in [6.07, 6.45) is 0. The van der Waals surface area contributed by atoms with Gasteiger partial charge in [-0.25, -0.2) is 0 Å². The molecule has 7 heteroatoms. The van der Waals surface area contributed by atoms with E-state index in [0.717, 1.165) is 9.79 Å². The third kappa shape index (κ3) is 5.15. The minimum atomic E-state index is -0.00898. The third-order valence-electron chi connectivity index (χ3n) is 4.36. The highest BCUT2D eigenvalue weighted by Gasteiger charge is 2.05. The summed E-state index contributed by atoms with van der Waals surface area (Å²) in [4.78, 5) is 2.09. The van der Waals surface area contributed by atoms with Crippen molar-refractivity contribution >= 4 is 23.1 Å².